The third-order valence-electron chi connectivity index (χ3n) is 4.08. The van der Waals surface area contributed by atoms with Crippen LogP contribution in [0.3, 0.4) is 0 Å². The van der Waals surface area contributed by atoms with Gasteiger partial charge in [-0.2, -0.15) is 0 Å². The van der Waals surface area contributed by atoms with Crippen molar-refractivity contribution >= 4 is 45.4 Å². The first-order valence-electron chi connectivity index (χ1n) is 7.77. The normalized spacial score (nSPS) is 22.6. The summed E-state index contributed by atoms with van der Waals surface area (Å²) in [6, 6.07) is 4.90. The zero-order chi connectivity index (χ0) is 20.6. The Bertz CT molecular complexity index is 1070. The summed E-state index contributed by atoms with van der Waals surface area (Å²) < 4.78 is 29.8. The molecule has 3 heterocycles. The van der Waals surface area contributed by atoms with E-state index in [4.69, 9.17) is 11.6 Å². The molecule has 1 aromatic heterocycles. The molecule has 0 spiro atoms. The van der Waals surface area contributed by atoms with Crippen LogP contribution in [0.4, 0.5) is 0 Å². The maximum atomic E-state index is 12.7. The van der Waals surface area contributed by atoms with Crippen LogP contribution in [0.15, 0.2) is 52.3 Å². The third-order valence-corrected chi connectivity index (χ3v) is 6.21. The molecule has 146 valence electrons. The highest BCUT2D eigenvalue weighted by Crippen LogP contribution is 2.41. The Kier molecular flexibility index (Phi) is 5.09. The fraction of sp³-hybridized carbons (Fsp3) is 0.176. The van der Waals surface area contributed by atoms with Gasteiger partial charge in [0, 0.05) is 11.8 Å². The number of allylic oxidation sites excluding steroid dienone is 1. The molecule has 0 bridgehead atoms. The average Bonchev–Trinajstić information content (AvgIpc) is 2.65. The molecule has 1 aromatic rings. The van der Waals surface area contributed by atoms with E-state index in [1.54, 1.807) is 18.2 Å². The summed E-state index contributed by atoms with van der Waals surface area (Å²) in [5.74, 6) is -3.98. The molecule has 11 heteroatoms. The molecule has 1 saturated heterocycles. The predicted molar refractivity (Wildman–Crippen MR) is 97.2 cm³/mol. The Labute approximate surface area is 164 Å². The summed E-state index contributed by atoms with van der Waals surface area (Å²) in [5.41, 5.74) is -0.560. The molecular formula is C17H13ClN2O7S. The van der Waals surface area contributed by atoms with Crippen molar-refractivity contribution in [1.29, 1.82) is 0 Å². The molecule has 3 rings (SSSR count). The maximum Gasteiger partial charge on any atom is 0.352 e. The van der Waals surface area contributed by atoms with Gasteiger partial charge in [-0.05, 0) is 24.3 Å². The summed E-state index contributed by atoms with van der Waals surface area (Å²) >= 11 is 5.74. The highest BCUT2D eigenvalue weighted by atomic mass is 35.5. The molecule has 28 heavy (non-hydrogen) atoms. The van der Waals surface area contributed by atoms with Gasteiger partial charge in [-0.3, -0.25) is 14.7 Å². The number of carboxylic acid groups (broad SMARTS) is 1. The number of pyridine rings is 1. The summed E-state index contributed by atoms with van der Waals surface area (Å²) in [7, 11) is -2.93. The molecule has 1 atom stereocenters. The Balaban J connectivity index is 2.11. The van der Waals surface area contributed by atoms with Gasteiger partial charge in [0.2, 0.25) is 0 Å². The van der Waals surface area contributed by atoms with E-state index in [1.807, 2.05) is 0 Å². The van der Waals surface area contributed by atoms with Crippen LogP contribution in [0, 0.1) is 0 Å². The number of aromatic nitrogens is 1. The van der Waals surface area contributed by atoms with Crippen molar-refractivity contribution in [3.05, 3.63) is 58.0 Å². The first-order chi connectivity index (χ1) is 13.2. The minimum atomic E-state index is -3.99. The molecule has 0 aromatic carbocycles. The number of carbonyl (C=O) groups is 3. The van der Waals surface area contributed by atoms with Crippen molar-refractivity contribution in [2.75, 3.05) is 12.9 Å². The van der Waals surface area contributed by atoms with Gasteiger partial charge in [0.05, 0.1) is 24.1 Å². The van der Waals surface area contributed by atoms with Gasteiger partial charge in [-0.1, -0.05) is 17.7 Å². The van der Waals surface area contributed by atoms with Crippen molar-refractivity contribution in [2.45, 2.75) is 5.37 Å². The fourth-order valence-corrected chi connectivity index (χ4v) is 5.03. The topological polar surface area (TPSA) is 131 Å². The Morgan fingerprint density at radius 3 is 2.68 bits per heavy atom. The van der Waals surface area contributed by atoms with Gasteiger partial charge in [0.1, 0.15) is 10.7 Å². The van der Waals surface area contributed by atoms with Gasteiger partial charge in [-0.25, -0.2) is 18.0 Å². The van der Waals surface area contributed by atoms with E-state index >= 15 is 0 Å². The van der Waals surface area contributed by atoms with Crippen LogP contribution in [0.5, 0.6) is 0 Å². The summed E-state index contributed by atoms with van der Waals surface area (Å²) in [5, 5.41) is 7.58. The Morgan fingerprint density at radius 2 is 2.11 bits per heavy atom. The van der Waals surface area contributed by atoms with Crippen LogP contribution < -0.4 is 0 Å². The van der Waals surface area contributed by atoms with Gasteiger partial charge >= 0.3 is 11.9 Å². The van der Waals surface area contributed by atoms with Crippen molar-refractivity contribution in [1.82, 2.24) is 9.88 Å². The number of rotatable bonds is 4. The Hall–Kier alpha value is -2.98. The van der Waals surface area contributed by atoms with Gasteiger partial charge in [0.25, 0.3) is 5.91 Å². The van der Waals surface area contributed by atoms with Gasteiger partial charge in [0.15, 0.2) is 15.2 Å². The number of esters is 1. The number of amides is 1. The lowest BCUT2D eigenvalue weighted by molar-refractivity contribution is -0.141. The number of nitrogens with zero attached hydrogens (tertiary/aromatic N) is 2. The van der Waals surface area contributed by atoms with E-state index in [0.717, 1.165) is 13.2 Å². The number of fused-ring (bicyclic) bond motifs is 1. The molecule has 2 aliphatic rings. The maximum absolute atomic E-state index is 12.7. The van der Waals surface area contributed by atoms with E-state index in [2.05, 4.69) is 9.72 Å². The number of ether oxygens (including phenoxy) is 1. The average molecular weight is 425 g/mol. The standard InChI is InChI=1S/C17H13ClN2O7S/c1-27-17(24)12(18)6-9-8-28(25,26)15-11(7-10-4-2-3-5-19-10)14(21)20(15)13(9)16(22)23/h2-7,15H,8H2,1H3,(H,22,23)/b11-7-,12-6-. The molecule has 0 saturated carbocycles. The van der Waals surface area contributed by atoms with E-state index in [0.29, 0.717) is 10.6 Å². The van der Waals surface area contributed by atoms with E-state index in [-0.39, 0.29) is 11.1 Å². The van der Waals surface area contributed by atoms with E-state index in [1.165, 1.54) is 12.3 Å². The number of sulfone groups is 1. The Morgan fingerprint density at radius 1 is 1.39 bits per heavy atom. The van der Waals surface area contributed by atoms with Crippen LogP contribution in [0.1, 0.15) is 5.69 Å². The number of methoxy groups -OCH3 is 1. The van der Waals surface area contributed by atoms with E-state index in [9.17, 15) is 27.9 Å². The monoisotopic (exact) mass is 424 g/mol. The number of hydrogen-bond acceptors (Lipinski definition) is 7. The third kappa shape index (κ3) is 3.32. The summed E-state index contributed by atoms with van der Waals surface area (Å²) in [6.45, 7) is 0. The van der Waals surface area contributed by atoms with Crippen molar-refractivity contribution in [3.63, 3.8) is 0 Å². The zero-order valence-electron chi connectivity index (χ0n) is 14.3. The molecular weight excluding hydrogens is 412 g/mol. The van der Waals surface area contributed by atoms with E-state index < -0.39 is 49.5 Å². The lowest BCUT2D eigenvalue weighted by atomic mass is 10.0. The number of carbonyl (C=O) groups excluding carboxylic acids is 2. The largest absolute Gasteiger partial charge is 0.477 e. The second-order valence-electron chi connectivity index (χ2n) is 5.85. The first kappa shape index (κ1) is 19.8. The van der Waals surface area contributed by atoms with Crippen LogP contribution >= 0.6 is 11.6 Å². The molecule has 2 aliphatic heterocycles. The highest BCUT2D eigenvalue weighted by Gasteiger charge is 2.56. The first-order valence-corrected chi connectivity index (χ1v) is 9.86. The van der Waals surface area contributed by atoms with Gasteiger partial charge < -0.3 is 9.84 Å². The van der Waals surface area contributed by atoms with Gasteiger partial charge in [-0.15, -0.1) is 0 Å². The number of carboxylic acids is 1. The predicted octanol–water partition coefficient (Wildman–Crippen LogP) is 0.696. The number of hydrogen-bond donors (Lipinski definition) is 1. The summed E-state index contributed by atoms with van der Waals surface area (Å²) in [6.07, 6.45) is 3.67. The van der Waals surface area contributed by atoms with Crippen LogP contribution in [0.2, 0.25) is 0 Å². The van der Waals surface area contributed by atoms with Crippen molar-refractivity contribution in [3.8, 4) is 0 Å². The quantitative estimate of drug-likeness (QED) is 0.424. The second-order valence-corrected chi connectivity index (χ2v) is 8.32. The lowest BCUT2D eigenvalue weighted by Crippen LogP contribution is -2.62. The molecule has 1 N–H and O–H groups in total. The number of β-lactam (4-membered cyclic amide) rings is 1. The fourth-order valence-electron chi connectivity index (χ4n) is 2.93. The lowest BCUT2D eigenvalue weighted by Gasteiger charge is -2.45. The molecule has 1 amide bonds. The van der Waals surface area contributed by atoms with Crippen LogP contribution in [-0.2, 0) is 29.0 Å². The van der Waals surface area contributed by atoms with Crippen molar-refractivity contribution in [2.24, 2.45) is 0 Å². The SMILES string of the molecule is COC(=O)/C(Cl)=C/C1=C(C(=O)O)N2C(=O)/C(=C/c3ccccn3)C2S(=O)(=O)C1. The smallest absolute Gasteiger partial charge is 0.352 e. The second kappa shape index (κ2) is 7.21. The van der Waals surface area contributed by atoms with Crippen LogP contribution in [-0.4, -0.2) is 59.5 Å². The summed E-state index contributed by atoms with van der Waals surface area (Å²) in [4.78, 5) is 40.4. The molecule has 1 unspecified atom stereocenters. The number of halogens is 1. The molecule has 0 radical (unpaired) electrons. The molecule has 1 fully saturated rings. The minimum Gasteiger partial charge on any atom is -0.477 e. The minimum absolute atomic E-state index is 0.0838. The van der Waals surface area contributed by atoms with Crippen molar-refractivity contribution < 1.29 is 32.6 Å². The molecule has 9 nitrogen and oxygen atoms in total. The molecule has 0 aliphatic carbocycles. The number of aliphatic carboxylic acids is 1. The highest BCUT2D eigenvalue weighted by molar-refractivity contribution is 7.92. The van der Waals surface area contributed by atoms with Crippen LogP contribution in [0.25, 0.3) is 6.08 Å². The zero-order valence-corrected chi connectivity index (χ0v) is 15.9.